The summed E-state index contributed by atoms with van der Waals surface area (Å²) in [5.41, 5.74) is -5.23. The summed E-state index contributed by atoms with van der Waals surface area (Å²) in [6.45, 7) is 1.62. The number of alkyl halides is 3. The monoisotopic (exact) mass is 374 g/mol. The molecular formula is C13H25F3N4O3S. The quantitative estimate of drug-likeness (QED) is 0.390. The largest absolute Gasteiger partial charge is 0.511 e. The number of sulfonamides is 1. The van der Waals surface area contributed by atoms with Crippen molar-refractivity contribution >= 4 is 16.0 Å². The smallest absolute Gasteiger partial charge is 0.385 e. The predicted octanol–water partition coefficient (Wildman–Crippen LogP) is 0.750. The van der Waals surface area contributed by atoms with Crippen LogP contribution in [-0.4, -0.2) is 71.1 Å². The number of hydrogen-bond acceptors (Lipinski definition) is 4. The van der Waals surface area contributed by atoms with Crippen molar-refractivity contribution in [2.24, 2.45) is 10.9 Å². The zero-order valence-corrected chi connectivity index (χ0v) is 14.7. The van der Waals surface area contributed by atoms with Gasteiger partial charge in [-0.15, -0.1) is 0 Å². The Bertz CT molecular complexity index is 503. The molecule has 0 radical (unpaired) electrons. The van der Waals surface area contributed by atoms with Crippen LogP contribution in [0.1, 0.15) is 19.3 Å². The molecule has 7 nitrogen and oxygen atoms in total. The molecular weight excluding hydrogens is 349 g/mol. The van der Waals surface area contributed by atoms with Crippen molar-refractivity contribution in [3.05, 3.63) is 0 Å². The van der Waals surface area contributed by atoms with E-state index < -0.39 is 15.5 Å². The zero-order valence-electron chi connectivity index (χ0n) is 13.9. The van der Waals surface area contributed by atoms with Crippen molar-refractivity contribution in [3.8, 4) is 0 Å². The Morgan fingerprint density at radius 2 is 1.92 bits per heavy atom. The maximum absolute atomic E-state index is 12.5. The standard InChI is InChI=1S/C13H25F3N4O3S/c1-17-12(18-6-3-9-23-2)19-10-11-4-7-20(8-5-11)24(21,22)13(14,15)16/h11H,3-10H2,1-2H3,(H2,17,18,19). The average molecular weight is 374 g/mol. The van der Waals surface area contributed by atoms with E-state index in [1.54, 1.807) is 14.2 Å². The normalized spacial score (nSPS) is 18.6. The first-order valence-corrected chi connectivity index (χ1v) is 9.16. The zero-order chi connectivity index (χ0) is 18.2. The van der Waals surface area contributed by atoms with E-state index in [1.165, 1.54) is 0 Å². The van der Waals surface area contributed by atoms with E-state index in [0.29, 0.717) is 42.8 Å². The van der Waals surface area contributed by atoms with Gasteiger partial charge in [-0.1, -0.05) is 0 Å². The molecule has 0 atom stereocenters. The summed E-state index contributed by atoms with van der Waals surface area (Å²) in [7, 11) is -1.96. The lowest BCUT2D eigenvalue weighted by Gasteiger charge is -2.31. The second kappa shape index (κ2) is 9.42. The summed E-state index contributed by atoms with van der Waals surface area (Å²) in [5, 5.41) is 6.21. The molecule has 24 heavy (non-hydrogen) atoms. The van der Waals surface area contributed by atoms with Gasteiger partial charge in [-0.25, -0.2) is 8.42 Å². The van der Waals surface area contributed by atoms with Crippen LogP contribution in [0.5, 0.6) is 0 Å². The molecule has 0 amide bonds. The molecule has 0 bridgehead atoms. The van der Waals surface area contributed by atoms with Crippen LogP contribution in [0.2, 0.25) is 0 Å². The van der Waals surface area contributed by atoms with Crippen LogP contribution in [0.25, 0.3) is 0 Å². The molecule has 0 aromatic heterocycles. The van der Waals surface area contributed by atoms with Gasteiger partial charge >= 0.3 is 15.5 Å². The fourth-order valence-electron chi connectivity index (χ4n) is 2.39. The van der Waals surface area contributed by atoms with E-state index in [-0.39, 0.29) is 19.0 Å². The van der Waals surface area contributed by atoms with Gasteiger partial charge in [0.15, 0.2) is 5.96 Å². The highest BCUT2D eigenvalue weighted by Gasteiger charge is 2.50. The van der Waals surface area contributed by atoms with Gasteiger partial charge in [0.1, 0.15) is 0 Å². The van der Waals surface area contributed by atoms with Crippen LogP contribution in [0.4, 0.5) is 13.2 Å². The lowest BCUT2D eigenvalue weighted by atomic mass is 9.98. The number of ether oxygens (including phenoxy) is 1. The summed E-state index contributed by atoms with van der Waals surface area (Å²) in [6.07, 6.45) is 1.58. The first-order chi connectivity index (χ1) is 11.2. The molecule has 1 fully saturated rings. The van der Waals surface area contributed by atoms with Crippen LogP contribution >= 0.6 is 0 Å². The van der Waals surface area contributed by atoms with Crippen molar-refractivity contribution in [3.63, 3.8) is 0 Å². The van der Waals surface area contributed by atoms with E-state index in [4.69, 9.17) is 4.74 Å². The van der Waals surface area contributed by atoms with Gasteiger partial charge < -0.3 is 15.4 Å². The first kappa shape index (κ1) is 21.0. The number of hydrogen-bond donors (Lipinski definition) is 2. The number of methoxy groups -OCH3 is 1. The minimum Gasteiger partial charge on any atom is -0.385 e. The maximum atomic E-state index is 12.5. The summed E-state index contributed by atoms with van der Waals surface area (Å²) in [6, 6.07) is 0. The number of halogens is 3. The Labute approximate surface area is 140 Å². The molecule has 1 saturated heterocycles. The highest BCUT2D eigenvalue weighted by atomic mass is 32.2. The third kappa shape index (κ3) is 6.10. The van der Waals surface area contributed by atoms with Crippen molar-refractivity contribution in [1.82, 2.24) is 14.9 Å². The molecule has 1 rings (SSSR count). The van der Waals surface area contributed by atoms with Crippen molar-refractivity contribution < 1.29 is 26.3 Å². The molecule has 0 unspecified atom stereocenters. The van der Waals surface area contributed by atoms with Gasteiger partial charge in [-0.05, 0) is 25.2 Å². The summed E-state index contributed by atoms with van der Waals surface area (Å²) in [4.78, 5) is 4.06. The number of guanidine groups is 1. The van der Waals surface area contributed by atoms with E-state index in [2.05, 4.69) is 15.6 Å². The van der Waals surface area contributed by atoms with E-state index in [1.807, 2.05) is 0 Å². The van der Waals surface area contributed by atoms with Crippen molar-refractivity contribution in [1.29, 1.82) is 0 Å². The van der Waals surface area contributed by atoms with Gasteiger partial charge in [0, 0.05) is 46.9 Å². The maximum Gasteiger partial charge on any atom is 0.511 e. The fraction of sp³-hybridized carbons (Fsp3) is 0.923. The summed E-state index contributed by atoms with van der Waals surface area (Å²) < 4.78 is 65.7. The number of nitrogens with zero attached hydrogens (tertiary/aromatic N) is 2. The Morgan fingerprint density at radius 1 is 1.29 bits per heavy atom. The molecule has 2 N–H and O–H groups in total. The number of piperidine rings is 1. The van der Waals surface area contributed by atoms with Gasteiger partial charge in [-0.3, -0.25) is 4.99 Å². The molecule has 0 aromatic rings. The minimum atomic E-state index is -5.23. The average Bonchev–Trinajstić information content (AvgIpc) is 2.53. The lowest BCUT2D eigenvalue weighted by molar-refractivity contribution is -0.0496. The van der Waals surface area contributed by atoms with Crippen LogP contribution < -0.4 is 10.6 Å². The van der Waals surface area contributed by atoms with Crippen molar-refractivity contribution in [2.75, 3.05) is 46.9 Å². The fourth-order valence-corrected chi connectivity index (χ4v) is 3.37. The first-order valence-electron chi connectivity index (χ1n) is 7.72. The lowest BCUT2D eigenvalue weighted by Crippen LogP contribution is -2.47. The van der Waals surface area contributed by atoms with Gasteiger partial charge in [-0.2, -0.15) is 17.5 Å². The predicted molar refractivity (Wildman–Crippen MR) is 85.1 cm³/mol. The van der Waals surface area contributed by atoms with Gasteiger partial charge in [0.25, 0.3) is 0 Å². The molecule has 1 heterocycles. The molecule has 0 aliphatic carbocycles. The summed E-state index contributed by atoms with van der Waals surface area (Å²) in [5.74, 6) is 0.707. The number of rotatable bonds is 7. The van der Waals surface area contributed by atoms with Crippen LogP contribution in [0.3, 0.4) is 0 Å². The Morgan fingerprint density at radius 3 is 2.42 bits per heavy atom. The Balaban J connectivity index is 2.36. The number of nitrogens with one attached hydrogen (secondary N) is 2. The molecule has 0 spiro atoms. The van der Waals surface area contributed by atoms with E-state index >= 15 is 0 Å². The van der Waals surface area contributed by atoms with Crippen LogP contribution in [0.15, 0.2) is 4.99 Å². The molecule has 11 heteroatoms. The highest BCUT2D eigenvalue weighted by Crippen LogP contribution is 2.30. The topological polar surface area (TPSA) is 83.0 Å². The summed E-state index contributed by atoms with van der Waals surface area (Å²) >= 11 is 0. The van der Waals surface area contributed by atoms with Crippen LogP contribution in [0, 0.1) is 5.92 Å². The number of aliphatic imine (C=N–C) groups is 1. The Hall–Kier alpha value is -1.07. The van der Waals surface area contributed by atoms with E-state index in [9.17, 15) is 21.6 Å². The SMILES string of the molecule is CN=C(NCCCOC)NCC1CCN(S(=O)(=O)C(F)(F)F)CC1. The molecule has 0 aromatic carbocycles. The molecule has 1 aliphatic heterocycles. The van der Waals surface area contributed by atoms with Gasteiger partial charge in [0.2, 0.25) is 0 Å². The van der Waals surface area contributed by atoms with Crippen molar-refractivity contribution in [2.45, 2.75) is 24.8 Å². The van der Waals surface area contributed by atoms with Crippen LogP contribution in [-0.2, 0) is 14.8 Å². The third-order valence-corrected chi connectivity index (χ3v) is 5.44. The minimum absolute atomic E-state index is 0.0993. The van der Waals surface area contributed by atoms with E-state index in [0.717, 1.165) is 6.42 Å². The highest BCUT2D eigenvalue weighted by molar-refractivity contribution is 7.90. The van der Waals surface area contributed by atoms with Gasteiger partial charge in [0.05, 0.1) is 0 Å². The molecule has 142 valence electrons. The molecule has 0 saturated carbocycles. The third-order valence-electron chi connectivity index (χ3n) is 3.81. The second-order valence-electron chi connectivity index (χ2n) is 5.52. The second-order valence-corrected chi connectivity index (χ2v) is 7.45. The molecule has 1 aliphatic rings. The Kier molecular flexibility index (Phi) is 8.23.